The van der Waals surface area contributed by atoms with Gasteiger partial charge in [-0.2, -0.15) is 0 Å². The Kier molecular flexibility index (Phi) is 3.82. The number of hydrogen-bond donors (Lipinski definition) is 3. The van der Waals surface area contributed by atoms with E-state index in [4.69, 9.17) is 9.84 Å². The van der Waals surface area contributed by atoms with Gasteiger partial charge in [0.25, 0.3) is 0 Å². The van der Waals surface area contributed by atoms with Crippen LogP contribution in [-0.4, -0.2) is 52.5 Å². The van der Waals surface area contributed by atoms with E-state index in [-0.39, 0.29) is 13.0 Å². The number of esters is 1. The van der Waals surface area contributed by atoms with Gasteiger partial charge < -0.3 is 24.8 Å². The lowest BCUT2D eigenvalue weighted by atomic mass is 10.0. The van der Waals surface area contributed by atoms with Crippen LogP contribution in [0.3, 0.4) is 0 Å². The zero-order chi connectivity index (χ0) is 10.7. The van der Waals surface area contributed by atoms with Crippen molar-refractivity contribution in [3.05, 3.63) is 0 Å². The molecule has 1 aliphatic rings. The second-order valence-electron chi connectivity index (χ2n) is 3.23. The summed E-state index contributed by atoms with van der Waals surface area (Å²) < 4.78 is 9.49. The summed E-state index contributed by atoms with van der Waals surface area (Å²) >= 11 is 0. The Labute approximate surface area is 81.1 Å². The largest absolute Gasteiger partial charge is 0.463 e. The van der Waals surface area contributed by atoms with Gasteiger partial charge in [0, 0.05) is 13.3 Å². The molecular weight excluding hydrogens is 192 g/mol. The average molecular weight is 206 g/mol. The molecule has 1 unspecified atom stereocenters. The molecule has 3 N–H and O–H groups in total. The maximum atomic E-state index is 10.5. The molecule has 1 aliphatic heterocycles. The van der Waals surface area contributed by atoms with E-state index in [0.29, 0.717) is 0 Å². The highest BCUT2D eigenvalue weighted by atomic mass is 16.6. The fourth-order valence-electron chi connectivity index (χ4n) is 1.27. The molecule has 1 fully saturated rings. The lowest BCUT2D eigenvalue weighted by Gasteiger charge is -2.34. The van der Waals surface area contributed by atoms with E-state index in [0.717, 1.165) is 0 Å². The second-order valence-corrected chi connectivity index (χ2v) is 3.23. The number of rotatable bonds is 2. The number of carbonyl (C=O) groups is 1. The maximum Gasteiger partial charge on any atom is 0.302 e. The van der Waals surface area contributed by atoms with Crippen LogP contribution >= 0.6 is 0 Å². The Morgan fingerprint density at radius 3 is 2.71 bits per heavy atom. The van der Waals surface area contributed by atoms with E-state index in [9.17, 15) is 15.0 Å². The first-order chi connectivity index (χ1) is 6.50. The number of aliphatic hydroxyl groups excluding tert-OH is 3. The Bertz CT molecular complexity index is 206. The van der Waals surface area contributed by atoms with Crippen LogP contribution in [0.1, 0.15) is 13.3 Å². The van der Waals surface area contributed by atoms with Gasteiger partial charge in [-0.05, 0) is 0 Å². The third-order valence-electron chi connectivity index (χ3n) is 2.00. The molecule has 0 aromatic carbocycles. The summed E-state index contributed by atoms with van der Waals surface area (Å²) in [5.41, 5.74) is 0. The molecule has 82 valence electrons. The summed E-state index contributed by atoms with van der Waals surface area (Å²) in [6.45, 7) is 1.05. The first kappa shape index (κ1) is 11.4. The Hall–Kier alpha value is -0.690. The van der Waals surface area contributed by atoms with Crippen molar-refractivity contribution >= 4 is 5.97 Å². The van der Waals surface area contributed by atoms with E-state index in [2.05, 4.69) is 4.74 Å². The van der Waals surface area contributed by atoms with Crippen LogP contribution in [-0.2, 0) is 14.3 Å². The molecule has 0 aromatic rings. The topological polar surface area (TPSA) is 96.2 Å². The van der Waals surface area contributed by atoms with Crippen molar-refractivity contribution < 1.29 is 29.6 Å². The molecule has 0 bridgehead atoms. The van der Waals surface area contributed by atoms with E-state index in [1.54, 1.807) is 0 Å². The summed E-state index contributed by atoms with van der Waals surface area (Å²) in [6.07, 6.45) is -4.25. The van der Waals surface area contributed by atoms with Crippen LogP contribution in [0.15, 0.2) is 0 Å². The molecular formula is C8H14O6. The van der Waals surface area contributed by atoms with Gasteiger partial charge in [-0.25, -0.2) is 0 Å². The zero-order valence-electron chi connectivity index (χ0n) is 7.79. The van der Waals surface area contributed by atoms with E-state index >= 15 is 0 Å². The van der Waals surface area contributed by atoms with Gasteiger partial charge in [-0.1, -0.05) is 0 Å². The van der Waals surface area contributed by atoms with Crippen molar-refractivity contribution in [2.75, 3.05) is 6.61 Å². The highest BCUT2D eigenvalue weighted by molar-refractivity contribution is 5.65. The minimum atomic E-state index is -1.14. The quantitative estimate of drug-likeness (QED) is 0.470. The highest BCUT2D eigenvalue weighted by Gasteiger charge is 2.36. The standard InChI is InChI=1S/C8H14O6/c1-4(9)13-3-6-8(12)5(10)2-7(11)14-6/h5-8,10-12H,2-3H2,1H3/t5-,6-,7?,8+/m1/s1. The first-order valence-corrected chi connectivity index (χ1v) is 4.33. The normalized spacial score (nSPS) is 38.0. The number of carbonyl (C=O) groups excluding carboxylic acids is 1. The third kappa shape index (κ3) is 2.91. The molecule has 1 saturated heterocycles. The predicted octanol–water partition coefficient (Wildman–Crippen LogP) is -1.62. The predicted molar refractivity (Wildman–Crippen MR) is 44.1 cm³/mol. The fraction of sp³-hybridized carbons (Fsp3) is 0.875. The molecule has 14 heavy (non-hydrogen) atoms. The van der Waals surface area contributed by atoms with Crippen LogP contribution in [0.25, 0.3) is 0 Å². The van der Waals surface area contributed by atoms with Gasteiger partial charge >= 0.3 is 5.97 Å². The van der Waals surface area contributed by atoms with E-state index in [1.165, 1.54) is 6.92 Å². The summed E-state index contributed by atoms with van der Waals surface area (Å²) in [7, 11) is 0. The van der Waals surface area contributed by atoms with Gasteiger partial charge in [0.2, 0.25) is 0 Å². The molecule has 1 rings (SSSR count). The van der Waals surface area contributed by atoms with Gasteiger partial charge in [-0.3, -0.25) is 4.79 Å². The molecule has 6 heteroatoms. The highest BCUT2D eigenvalue weighted by Crippen LogP contribution is 2.19. The second kappa shape index (κ2) is 4.70. The number of ether oxygens (including phenoxy) is 2. The molecule has 0 aliphatic carbocycles. The minimum absolute atomic E-state index is 0.0439. The summed E-state index contributed by atoms with van der Waals surface area (Å²) in [6, 6.07) is 0. The number of hydrogen-bond acceptors (Lipinski definition) is 6. The van der Waals surface area contributed by atoms with Crippen molar-refractivity contribution in [2.45, 2.75) is 37.9 Å². The Morgan fingerprint density at radius 2 is 2.14 bits per heavy atom. The van der Waals surface area contributed by atoms with Gasteiger partial charge in [0.15, 0.2) is 6.29 Å². The SMILES string of the molecule is CC(=O)OC[C@H]1OC(O)C[C@@H](O)[C@@H]1O. The zero-order valence-corrected chi connectivity index (χ0v) is 7.79. The lowest BCUT2D eigenvalue weighted by molar-refractivity contribution is -0.241. The van der Waals surface area contributed by atoms with Crippen molar-refractivity contribution in [1.82, 2.24) is 0 Å². The van der Waals surface area contributed by atoms with Crippen molar-refractivity contribution in [2.24, 2.45) is 0 Å². The van der Waals surface area contributed by atoms with Gasteiger partial charge in [0.1, 0.15) is 18.8 Å². The monoisotopic (exact) mass is 206 g/mol. The van der Waals surface area contributed by atoms with Crippen molar-refractivity contribution in [1.29, 1.82) is 0 Å². The van der Waals surface area contributed by atoms with Crippen molar-refractivity contribution in [3.8, 4) is 0 Å². The van der Waals surface area contributed by atoms with Crippen molar-refractivity contribution in [3.63, 3.8) is 0 Å². The molecule has 0 aromatic heterocycles. The molecule has 6 nitrogen and oxygen atoms in total. The van der Waals surface area contributed by atoms with E-state index in [1.807, 2.05) is 0 Å². The fourth-order valence-corrected chi connectivity index (χ4v) is 1.27. The van der Waals surface area contributed by atoms with E-state index < -0.39 is 30.6 Å². The van der Waals surface area contributed by atoms with Crippen LogP contribution in [0, 0.1) is 0 Å². The van der Waals surface area contributed by atoms with Crippen LogP contribution in [0.4, 0.5) is 0 Å². The molecule has 1 heterocycles. The number of aliphatic hydroxyl groups is 3. The van der Waals surface area contributed by atoms with Gasteiger partial charge in [0.05, 0.1) is 6.10 Å². The average Bonchev–Trinajstić information content (AvgIpc) is 2.08. The van der Waals surface area contributed by atoms with Crippen LogP contribution in [0.2, 0.25) is 0 Å². The van der Waals surface area contributed by atoms with Crippen LogP contribution < -0.4 is 0 Å². The maximum absolute atomic E-state index is 10.5. The molecule has 0 saturated carbocycles. The Balaban J connectivity index is 2.45. The summed E-state index contributed by atoms with van der Waals surface area (Å²) in [4.78, 5) is 10.5. The van der Waals surface area contributed by atoms with Crippen LogP contribution in [0.5, 0.6) is 0 Å². The third-order valence-corrected chi connectivity index (χ3v) is 2.00. The summed E-state index contributed by atoms with van der Waals surface area (Å²) in [5.74, 6) is -0.504. The summed E-state index contributed by atoms with van der Waals surface area (Å²) in [5, 5.41) is 27.7. The minimum Gasteiger partial charge on any atom is -0.463 e. The Morgan fingerprint density at radius 1 is 1.50 bits per heavy atom. The molecule has 0 amide bonds. The molecule has 0 radical (unpaired) electrons. The molecule has 0 spiro atoms. The first-order valence-electron chi connectivity index (χ1n) is 4.33. The van der Waals surface area contributed by atoms with Gasteiger partial charge in [-0.15, -0.1) is 0 Å². The molecule has 4 atom stereocenters. The smallest absolute Gasteiger partial charge is 0.302 e. The lowest BCUT2D eigenvalue weighted by Crippen LogP contribution is -2.50.